The van der Waals surface area contributed by atoms with Crippen LogP contribution in [0.25, 0.3) is 44.6 Å². The van der Waals surface area contributed by atoms with Gasteiger partial charge in [-0.05, 0) is 86.4 Å². The molecule has 15 heteroatoms. The third-order valence-electron chi connectivity index (χ3n) is 9.98. The van der Waals surface area contributed by atoms with E-state index in [1.54, 1.807) is 9.80 Å². The monoisotopic (exact) mass is 710 g/mol. The first-order valence-electron chi connectivity index (χ1n) is 17.5. The van der Waals surface area contributed by atoms with Gasteiger partial charge in [-0.3, -0.25) is 9.59 Å². The highest BCUT2D eigenvalue weighted by Gasteiger charge is 2.29. The fourth-order valence-corrected chi connectivity index (χ4v) is 7.37. The quantitative estimate of drug-likeness (QED) is 0.203. The van der Waals surface area contributed by atoms with Gasteiger partial charge in [-0.1, -0.05) is 13.2 Å². The lowest BCUT2D eigenvalue weighted by Gasteiger charge is -2.32. The number of nitrogens with two attached hydrogens (primary N) is 2. The van der Waals surface area contributed by atoms with E-state index in [9.17, 15) is 9.59 Å². The molecule has 0 aliphatic carbocycles. The Hall–Kier alpha value is -6.64. The fraction of sp³-hybridized carbons (Fsp3) is 0.263. The number of hydrogen-bond acceptors (Lipinski definition) is 11. The molecule has 0 bridgehead atoms. The zero-order valence-corrected chi connectivity index (χ0v) is 29.0. The van der Waals surface area contributed by atoms with Gasteiger partial charge in [0, 0.05) is 37.3 Å². The summed E-state index contributed by atoms with van der Waals surface area (Å²) in [5.41, 5.74) is 17.0. The summed E-state index contributed by atoms with van der Waals surface area (Å²) in [5, 5.41) is 11.3. The number of likely N-dealkylation sites (tertiary alicyclic amines) is 2. The van der Waals surface area contributed by atoms with Crippen LogP contribution in [0.2, 0.25) is 0 Å². The van der Waals surface area contributed by atoms with Crippen LogP contribution in [0.1, 0.15) is 37.8 Å². The number of nitrogen functional groups attached to an aromatic ring is 2. The highest BCUT2D eigenvalue weighted by atomic mass is 16.5. The van der Waals surface area contributed by atoms with Gasteiger partial charge in [0.05, 0.1) is 22.9 Å². The van der Waals surface area contributed by atoms with Gasteiger partial charge in [0.25, 0.3) is 0 Å². The Morgan fingerprint density at radius 2 is 1.08 bits per heavy atom. The maximum atomic E-state index is 12.4. The number of carbonyl (C=O) groups is 2. The van der Waals surface area contributed by atoms with Gasteiger partial charge in [-0.2, -0.15) is 10.2 Å². The van der Waals surface area contributed by atoms with Crippen molar-refractivity contribution in [2.75, 3.05) is 37.6 Å². The van der Waals surface area contributed by atoms with Crippen LogP contribution in [-0.4, -0.2) is 87.3 Å². The van der Waals surface area contributed by atoms with Crippen LogP contribution < -0.4 is 16.2 Å². The highest BCUT2D eigenvalue weighted by Crippen LogP contribution is 2.37. The maximum Gasteiger partial charge on any atom is 0.246 e. The summed E-state index contributed by atoms with van der Waals surface area (Å²) in [4.78, 5) is 45.9. The van der Waals surface area contributed by atoms with Crippen LogP contribution in [0, 0.1) is 0 Å². The number of fused-ring (bicyclic) bond motifs is 2. The molecule has 53 heavy (non-hydrogen) atoms. The number of carbonyl (C=O) groups excluding carboxylic acids is 2. The van der Waals surface area contributed by atoms with Gasteiger partial charge in [0.2, 0.25) is 11.8 Å². The molecule has 4 aromatic heterocycles. The molecular weight excluding hydrogens is 672 g/mol. The van der Waals surface area contributed by atoms with Crippen LogP contribution in [0.4, 0.5) is 11.6 Å². The Morgan fingerprint density at radius 1 is 0.660 bits per heavy atom. The average molecular weight is 711 g/mol. The third-order valence-corrected chi connectivity index (χ3v) is 9.98. The van der Waals surface area contributed by atoms with E-state index < -0.39 is 0 Å². The van der Waals surface area contributed by atoms with E-state index in [-0.39, 0.29) is 23.9 Å². The molecule has 2 amide bonds. The van der Waals surface area contributed by atoms with E-state index in [0.29, 0.717) is 82.8 Å². The van der Waals surface area contributed by atoms with Gasteiger partial charge in [-0.15, -0.1) is 0 Å². The van der Waals surface area contributed by atoms with Gasteiger partial charge in [0.15, 0.2) is 11.3 Å². The number of ether oxygens (including phenoxy) is 1. The topological polar surface area (TPSA) is 189 Å². The molecule has 2 atom stereocenters. The summed E-state index contributed by atoms with van der Waals surface area (Å²) in [5.74, 6) is 1.73. The number of hydrogen-bond donors (Lipinski definition) is 2. The number of nitrogens with zero attached hydrogens (tertiary/aromatic N) is 10. The van der Waals surface area contributed by atoms with Gasteiger partial charge in [0.1, 0.15) is 47.2 Å². The minimum atomic E-state index is -0.0973. The van der Waals surface area contributed by atoms with Gasteiger partial charge < -0.3 is 26.0 Å². The third kappa shape index (κ3) is 6.19. The summed E-state index contributed by atoms with van der Waals surface area (Å²) in [6.07, 6.45) is 8.95. The summed E-state index contributed by atoms with van der Waals surface area (Å²) in [6.45, 7) is 9.66. The fourth-order valence-electron chi connectivity index (χ4n) is 7.37. The van der Waals surface area contributed by atoms with Crippen molar-refractivity contribution in [3.8, 4) is 34.0 Å². The number of anilines is 2. The minimum Gasteiger partial charge on any atom is -0.457 e. The lowest BCUT2D eigenvalue weighted by molar-refractivity contribution is -0.128. The standard InChI is InChI=1S/C38H38N12O3/c1-3-29(51)47-17-5-7-25(19-47)49-37-31(35(39)41-21-43-37)33(45-49)23-9-13-27(14-10-23)53-28-15-11-24(12-16-28)34-32-36(40)42-22-44-38(32)50(46-34)26-8-6-18-48(20-26)30(52)4-2/h3-4,9-16,21-22,25-26H,1-2,5-8,17-20H2,(H2,39,41,43)(H2,40,42,44)/t25-,26-/m1/s1. The smallest absolute Gasteiger partial charge is 0.246 e. The number of amides is 2. The van der Waals surface area contributed by atoms with Crippen molar-refractivity contribution in [2.24, 2.45) is 0 Å². The van der Waals surface area contributed by atoms with Crippen molar-refractivity contribution in [3.05, 3.63) is 86.5 Å². The van der Waals surface area contributed by atoms with E-state index in [0.717, 1.165) is 36.8 Å². The van der Waals surface area contributed by atoms with Gasteiger partial charge in [-0.25, -0.2) is 29.3 Å². The lowest BCUT2D eigenvalue weighted by Crippen LogP contribution is -2.40. The molecule has 0 radical (unpaired) electrons. The second-order valence-corrected chi connectivity index (χ2v) is 13.2. The molecule has 6 heterocycles. The Morgan fingerprint density at radius 3 is 1.47 bits per heavy atom. The molecule has 2 saturated heterocycles. The van der Waals surface area contributed by atoms with E-state index in [4.69, 9.17) is 26.4 Å². The molecule has 6 aromatic rings. The molecule has 2 aliphatic heterocycles. The number of benzene rings is 2. The van der Waals surface area contributed by atoms with Crippen LogP contribution in [0.15, 0.2) is 86.5 Å². The molecule has 15 nitrogen and oxygen atoms in total. The zero-order chi connectivity index (χ0) is 36.6. The van der Waals surface area contributed by atoms with Crippen molar-refractivity contribution in [1.82, 2.24) is 49.3 Å². The molecular formula is C38H38N12O3. The van der Waals surface area contributed by atoms with E-state index >= 15 is 0 Å². The summed E-state index contributed by atoms with van der Waals surface area (Å²) in [6, 6.07) is 15.1. The van der Waals surface area contributed by atoms with Crippen molar-refractivity contribution < 1.29 is 14.3 Å². The normalized spacial score (nSPS) is 17.6. The molecule has 2 aromatic carbocycles. The largest absolute Gasteiger partial charge is 0.457 e. The Balaban J connectivity index is 1.03. The van der Waals surface area contributed by atoms with Crippen LogP contribution in [-0.2, 0) is 9.59 Å². The Labute approximate surface area is 304 Å². The predicted molar refractivity (Wildman–Crippen MR) is 201 cm³/mol. The van der Waals surface area contributed by atoms with Crippen LogP contribution >= 0.6 is 0 Å². The number of aromatic nitrogens is 8. The van der Waals surface area contributed by atoms with Crippen molar-refractivity contribution in [1.29, 1.82) is 0 Å². The highest BCUT2D eigenvalue weighted by molar-refractivity contribution is 5.99. The maximum absolute atomic E-state index is 12.4. The summed E-state index contributed by atoms with van der Waals surface area (Å²) >= 11 is 0. The van der Waals surface area contributed by atoms with E-state index in [1.165, 1.54) is 24.8 Å². The SMILES string of the molecule is C=CC(=O)N1CCC[C@@H](n2nc(-c3ccc(Oc4ccc(-c5nn([C@@H]6CCCN(C(=O)C=C)C6)c6ncnc(N)c56)cc4)cc3)c3c(N)ncnc32)C1. The number of rotatable bonds is 8. The predicted octanol–water partition coefficient (Wildman–Crippen LogP) is 4.96. The van der Waals surface area contributed by atoms with Crippen molar-refractivity contribution >= 4 is 45.5 Å². The summed E-state index contributed by atoms with van der Waals surface area (Å²) < 4.78 is 9.98. The lowest BCUT2D eigenvalue weighted by atomic mass is 10.1. The second-order valence-electron chi connectivity index (χ2n) is 13.2. The second kappa shape index (κ2) is 13.8. The molecule has 2 aliphatic rings. The molecule has 2 fully saturated rings. The average Bonchev–Trinajstić information content (AvgIpc) is 3.79. The molecule has 0 spiro atoms. The van der Waals surface area contributed by atoms with Crippen molar-refractivity contribution in [3.63, 3.8) is 0 Å². The van der Waals surface area contributed by atoms with Crippen LogP contribution in [0.3, 0.4) is 0 Å². The van der Waals surface area contributed by atoms with Crippen LogP contribution in [0.5, 0.6) is 11.5 Å². The van der Waals surface area contributed by atoms with E-state index in [1.807, 2.05) is 57.9 Å². The van der Waals surface area contributed by atoms with Gasteiger partial charge >= 0.3 is 0 Å². The Kier molecular flexibility index (Phi) is 8.74. The number of piperidine rings is 2. The van der Waals surface area contributed by atoms with E-state index in [2.05, 4.69) is 33.1 Å². The Bertz CT molecular complexity index is 2200. The molecule has 0 unspecified atom stereocenters. The summed E-state index contributed by atoms with van der Waals surface area (Å²) in [7, 11) is 0. The molecule has 8 rings (SSSR count). The molecule has 0 saturated carbocycles. The molecule has 4 N–H and O–H groups in total. The first-order chi connectivity index (χ1) is 25.8. The molecule has 268 valence electrons. The first-order valence-corrected chi connectivity index (χ1v) is 17.5. The minimum absolute atomic E-state index is 0.0647. The first kappa shape index (κ1) is 33.5. The zero-order valence-electron chi connectivity index (χ0n) is 29.0. The van der Waals surface area contributed by atoms with Crippen molar-refractivity contribution in [2.45, 2.75) is 37.8 Å².